The molecule has 0 bridgehead atoms. The molecule has 1 atom stereocenters. The van der Waals surface area contributed by atoms with Gasteiger partial charge in [-0.3, -0.25) is 4.79 Å². The molecule has 4 rings (SSSR count). The Balaban J connectivity index is 1.28. The summed E-state index contributed by atoms with van der Waals surface area (Å²) in [6.45, 7) is 6.70. The molecule has 0 unspecified atom stereocenters. The van der Waals surface area contributed by atoms with Crippen molar-refractivity contribution in [1.29, 1.82) is 0 Å². The molecule has 0 fully saturated rings. The number of carbonyl (C=O) groups excluding carboxylic acids is 2. The van der Waals surface area contributed by atoms with Crippen molar-refractivity contribution in [3.63, 3.8) is 0 Å². The van der Waals surface area contributed by atoms with E-state index in [0.717, 1.165) is 5.56 Å². The molecule has 0 aliphatic heterocycles. The fraction of sp³-hybridized carbons (Fsp3) is 0.206. The Morgan fingerprint density at radius 1 is 0.767 bits per heavy atom. The molecule has 0 saturated heterocycles. The quantitative estimate of drug-likeness (QED) is 0.0817. The van der Waals surface area contributed by atoms with Crippen LogP contribution in [0.5, 0.6) is 28.7 Å². The summed E-state index contributed by atoms with van der Waals surface area (Å²) in [4.78, 5) is 25.2. The Morgan fingerprint density at radius 3 is 2.12 bits per heavy atom. The number of amides is 1. The van der Waals surface area contributed by atoms with Crippen LogP contribution in [-0.2, 0) is 11.4 Å². The van der Waals surface area contributed by atoms with E-state index >= 15 is 0 Å². The van der Waals surface area contributed by atoms with Crippen LogP contribution in [0.4, 0.5) is 0 Å². The molecule has 0 radical (unpaired) electrons. The van der Waals surface area contributed by atoms with Crippen molar-refractivity contribution in [2.24, 2.45) is 5.10 Å². The standard InChI is InChI=1S/C34H34N2O7/c1-4-39-28-14-12-27(13-15-28)34(38)43-31-20-11-26(21-32(31)40-5-2)22-35-36-33(37)24(3)42-30-18-16-29(17-19-30)41-23-25-9-7-6-8-10-25/h6-22,24H,4-5,23H2,1-3H3,(H,36,37)/b35-22-/t24-/m1/s1. The maximum Gasteiger partial charge on any atom is 0.343 e. The van der Waals surface area contributed by atoms with E-state index in [1.807, 2.05) is 44.2 Å². The van der Waals surface area contributed by atoms with Gasteiger partial charge in [-0.2, -0.15) is 5.10 Å². The molecule has 0 aromatic heterocycles. The first kappa shape index (κ1) is 30.6. The molecule has 222 valence electrons. The van der Waals surface area contributed by atoms with Gasteiger partial charge in [0.15, 0.2) is 17.6 Å². The van der Waals surface area contributed by atoms with Crippen LogP contribution in [0.2, 0.25) is 0 Å². The van der Waals surface area contributed by atoms with E-state index in [1.54, 1.807) is 73.7 Å². The highest BCUT2D eigenvalue weighted by atomic mass is 16.6. The molecule has 0 spiro atoms. The number of hydrazone groups is 1. The van der Waals surface area contributed by atoms with E-state index in [9.17, 15) is 9.59 Å². The van der Waals surface area contributed by atoms with E-state index in [0.29, 0.717) is 53.9 Å². The van der Waals surface area contributed by atoms with Gasteiger partial charge in [-0.05, 0) is 98.6 Å². The van der Waals surface area contributed by atoms with Crippen LogP contribution in [0.3, 0.4) is 0 Å². The van der Waals surface area contributed by atoms with Gasteiger partial charge in [-0.15, -0.1) is 0 Å². The summed E-state index contributed by atoms with van der Waals surface area (Å²) >= 11 is 0. The van der Waals surface area contributed by atoms with E-state index in [4.69, 9.17) is 23.7 Å². The van der Waals surface area contributed by atoms with Gasteiger partial charge in [0.05, 0.1) is 25.0 Å². The molecule has 0 aliphatic carbocycles. The SMILES string of the molecule is CCOc1ccc(C(=O)Oc2ccc(/C=N\NC(=O)[C@@H](C)Oc3ccc(OCc4ccccc4)cc3)cc2OCC)cc1. The summed E-state index contributed by atoms with van der Waals surface area (Å²) in [5, 5.41) is 4.03. The van der Waals surface area contributed by atoms with Crippen LogP contribution in [0, 0.1) is 0 Å². The lowest BCUT2D eigenvalue weighted by molar-refractivity contribution is -0.127. The summed E-state index contributed by atoms with van der Waals surface area (Å²) in [5.41, 5.74) is 4.56. The van der Waals surface area contributed by atoms with E-state index in [2.05, 4.69) is 10.5 Å². The summed E-state index contributed by atoms with van der Waals surface area (Å²) in [7, 11) is 0. The maximum absolute atomic E-state index is 12.7. The molecule has 4 aromatic rings. The van der Waals surface area contributed by atoms with Gasteiger partial charge in [0, 0.05) is 0 Å². The second-order valence-corrected chi connectivity index (χ2v) is 9.23. The number of ether oxygens (including phenoxy) is 5. The van der Waals surface area contributed by atoms with Gasteiger partial charge in [0.2, 0.25) is 0 Å². The highest BCUT2D eigenvalue weighted by molar-refractivity contribution is 5.92. The highest BCUT2D eigenvalue weighted by Gasteiger charge is 2.15. The Hall–Kier alpha value is -5.31. The molecular formula is C34H34N2O7. The number of hydrogen-bond acceptors (Lipinski definition) is 8. The largest absolute Gasteiger partial charge is 0.494 e. The molecule has 43 heavy (non-hydrogen) atoms. The molecule has 1 amide bonds. The molecular weight excluding hydrogens is 548 g/mol. The van der Waals surface area contributed by atoms with Crippen LogP contribution in [-0.4, -0.2) is 37.4 Å². The van der Waals surface area contributed by atoms with Crippen molar-refractivity contribution in [3.8, 4) is 28.7 Å². The molecule has 1 N–H and O–H groups in total. The number of carbonyl (C=O) groups is 2. The Bertz CT molecular complexity index is 1500. The zero-order valence-electron chi connectivity index (χ0n) is 24.3. The Labute approximate surface area is 251 Å². The van der Waals surface area contributed by atoms with Gasteiger partial charge < -0.3 is 23.7 Å². The number of nitrogens with one attached hydrogen (secondary N) is 1. The van der Waals surface area contributed by atoms with E-state index in [1.165, 1.54) is 6.21 Å². The molecule has 9 nitrogen and oxygen atoms in total. The molecule has 0 aliphatic rings. The second kappa shape index (κ2) is 15.6. The number of benzene rings is 4. The smallest absolute Gasteiger partial charge is 0.343 e. The third-order valence-electron chi connectivity index (χ3n) is 6.01. The zero-order valence-corrected chi connectivity index (χ0v) is 24.3. The average molecular weight is 583 g/mol. The van der Waals surface area contributed by atoms with Crippen LogP contribution >= 0.6 is 0 Å². The lowest BCUT2D eigenvalue weighted by atomic mass is 10.2. The molecule has 9 heteroatoms. The van der Waals surface area contributed by atoms with Crippen molar-refractivity contribution in [3.05, 3.63) is 114 Å². The van der Waals surface area contributed by atoms with Crippen molar-refractivity contribution < 1.29 is 33.3 Å². The normalized spacial score (nSPS) is 11.4. The average Bonchev–Trinajstić information content (AvgIpc) is 3.03. The van der Waals surface area contributed by atoms with Crippen LogP contribution in [0.25, 0.3) is 0 Å². The zero-order chi connectivity index (χ0) is 30.4. The van der Waals surface area contributed by atoms with Gasteiger partial charge in [-0.25, -0.2) is 10.2 Å². The first-order valence-corrected chi connectivity index (χ1v) is 13.9. The monoisotopic (exact) mass is 582 g/mol. The topological polar surface area (TPSA) is 105 Å². The van der Waals surface area contributed by atoms with Crippen molar-refractivity contribution in [2.75, 3.05) is 13.2 Å². The Kier molecular flexibility index (Phi) is 11.1. The minimum atomic E-state index is -0.795. The molecule has 4 aromatic carbocycles. The third kappa shape index (κ3) is 9.36. The summed E-state index contributed by atoms with van der Waals surface area (Å²) < 4.78 is 28.2. The minimum Gasteiger partial charge on any atom is -0.494 e. The second-order valence-electron chi connectivity index (χ2n) is 9.23. The number of hydrogen-bond donors (Lipinski definition) is 1. The number of esters is 1. The summed E-state index contributed by atoms with van der Waals surface area (Å²) in [5.74, 6) is 1.57. The third-order valence-corrected chi connectivity index (χ3v) is 6.01. The summed E-state index contributed by atoms with van der Waals surface area (Å²) in [6.07, 6.45) is 0.668. The number of rotatable bonds is 14. The van der Waals surface area contributed by atoms with Gasteiger partial charge in [0.25, 0.3) is 5.91 Å². The van der Waals surface area contributed by atoms with Crippen molar-refractivity contribution in [2.45, 2.75) is 33.5 Å². The van der Waals surface area contributed by atoms with Crippen molar-refractivity contribution >= 4 is 18.1 Å². The predicted octanol–water partition coefficient (Wildman–Crippen LogP) is 6.20. The van der Waals surface area contributed by atoms with E-state index in [-0.39, 0.29) is 5.75 Å². The fourth-order valence-electron chi connectivity index (χ4n) is 3.84. The lowest BCUT2D eigenvalue weighted by Crippen LogP contribution is -2.33. The predicted molar refractivity (Wildman–Crippen MR) is 163 cm³/mol. The van der Waals surface area contributed by atoms with Gasteiger partial charge in [0.1, 0.15) is 23.9 Å². The molecule has 0 heterocycles. The highest BCUT2D eigenvalue weighted by Crippen LogP contribution is 2.29. The van der Waals surface area contributed by atoms with Gasteiger partial charge in [-0.1, -0.05) is 30.3 Å². The van der Waals surface area contributed by atoms with E-state index < -0.39 is 18.0 Å². The lowest BCUT2D eigenvalue weighted by Gasteiger charge is -2.14. The number of nitrogens with zero attached hydrogens (tertiary/aromatic N) is 1. The first-order valence-electron chi connectivity index (χ1n) is 13.9. The van der Waals surface area contributed by atoms with Crippen LogP contribution in [0.15, 0.2) is 102 Å². The fourth-order valence-corrected chi connectivity index (χ4v) is 3.84. The van der Waals surface area contributed by atoms with Gasteiger partial charge >= 0.3 is 5.97 Å². The first-order chi connectivity index (χ1) is 20.9. The minimum absolute atomic E-state index is 0.264. The molecule has 0 saturated carbocycles. The Morgan fingerprint density at radius 2 is 1.42 bits per heavy atom. The van der Waals surface area contributed by atoms with Crippen molar-refractivity contribution in [1.82, 2.24) is 5.43 Å². The summed E-state index contributed by atoms with van der Waals surface area (Å²) in [6, 6.07) is 28.6. The maximum atomic E-state index is 12.7. The van der Waals surface area contributed by atoms with Crippen LogP contribution < -0.4 is 29.1 Å². The van der Waals surface area contributed by atoms with Crippen LogP contribution in [0.1, 0.15) is 42.3 Å².